The van der Waals surface area contributed by atoms with Gasteiger partial charge in [0, 0.05) is 54.1 Å². The number of methoxy groups -OCH3 is 2. The molecule has 0 atom stereocenters. The zero-order chi connectivity index (χ0) is 22.5. The Morgan fingerprint density at radius 2 is 1.61 bits per heavy atom. The summed E-state index contributed by atoms with van der Waals surface area (Å²) in [5.41, 5.74) is 8.24. The summed E-state index contributed by atoms with van der Waals surface area (Å²) in [6.45, 7) is 4.08. The highest BCUT2D eigenvalue weighted by Crippen LogP contribution is 2.23. The van der Waals surface area contributed by atoms with Gasteiger partial charge in [0.15, 0.2) is 0 Å². The van der Waals surface area contributed by atoms with E-state index in [0.717, 1.165) is 28.3 Å². The van der Waals surface area contributed by atoms with Crippen LogP contribution >= 0.6 is 0 Å². The molecule has 1 heterocycles. The lowest BCUT2D eigenvalue weighted by molar-refractivity contribution is 0.0954. The van der Waals surface area contributed by atoms with Crippen molar-refractivity contribution in [3.05, 3.63) is 71.0 Å². The summed E-state index contributed by atoms with van der Waals surface area (Å²) in [4.78, 5) is 14.6. The molecular formula is C24H28N4O3. The Balaban J connectivity index is 1.78. The number of amides is 1. The molecule has 0 saturated heterocycles. The number of hydrogen-bond acceptors (Lipinski definition) is 5. The first-order valence-electron chi connectivity index (χ1n) is 9.87. The van der Waals surface area contributed by atoms with Crippen molar-refractivity contribution in [2.45, 2.75) is 13.8 Å². The summed E-state index contributed by atoms with van der Waals surface area (Å²) < 4.78 is 12.6. The summed E-state index contributed by atoms with van der Waals surface area (Å²) in [6, 6.07) is 15.4. The van der Waals surface area contributed by atoms with E-state index in [1.165, 1.54) is 0 Å². The van der Waals surface area contributed by atoms with Crippen LogP contribution in [0.3, 0.4) is 0 Å². The Kier molecular flexibility index (Phi) is 6.65. The van der Waals surface area contributed by atoms with E-state index in [0.29, 0.717) is 17.1 Å². The number of nitrogens with one attached hydrogen (secondary N) is 1. The topological polar surface area (TPSA) is 68.1 Å². The first kappa shape index (κ1) is 22.0. The highest BCUT2D eigenvalue weighted by atomic mass is 16.5. The Hall–Kier alpha value is -3.74. The van der Waals surface area contributed by atoms with Crippen molar-refractivity contribution in [3.8, 4) is 17.2 Å². The fourth-order valence-electron chi connectivity index (χ4n) is 3.38. The molecule has 0 saturated carbocycles. The van der Waals surface area contributed by atoms with Crippen molar-refractivity contribution in [2.75, 3.05) is 33.2 Å². The molecule has 0 bridgehead atoms. The molecule has 1 aromatic heterocycles. The molecule has 7 heteroatoms. The van der Waals surface area contributed by atoms with E-state index in [1.54, 1.807) is 38.6 Å². The van der Waals surface area contributed by atoms with E-state index in [9.17, 15) is 4.79 Å². The maximum atomic E-state index is 12.5. The molecular weight excluding hydrogens is 392 g/mol. The molecule has 162 valence electrons. The number of carbonyl (C=O) groups is 1. The first-order valence-corrected chi connectivity index (χ1v) is 9.87. The molecule has 3 rings (SSSR count). The summed E-state index contributed by atoms with van der Waals surface area (Å²) in [7, 11) is 7.12. The number of carbonyl (C=O) groups excluding carboxylic acids is 1. The van der Waals surface area contributed by atoms with E-state index in [1.807, 2.05) is 34.0 Å². The summed E-state index contributed by atoms with van der Waals surface area (Å²) in [5, 5.41) is 4.15. The molecule has 0 aliphatic rings. The van der Waals surface area contributed by atoms with Crippen LogP contribution in [0.15, 0.2) is 53.6 Å². The first-order chi connectivity index (χ1) is 14.8. The number of benzene rings is 2. The lowest BCUT2D eigenvalue weighted by Crippen LogP contribution is -2.17. The van der Waals surface area contributed by atoms with Crippen LogP contribution < -0.4 is 19.8 Å². The van der Waals surface area contributed by atoms with E-state index >= 15 is 0 Å². The quantitative estimate of drug-likeness (QED) is 0.464. The van der Waals surface area contributed by atoms with Crippen LogP contribution in [0.25, 0.3) is 5.69 Å². The normalized spacial score (nSPS) is 10.9. The highest BCUT2D eigenvalue weighted by Gasteiger charge is 2.11. The van der Waals surface area contributed by atoms with Crippen LogP contribution in [0.1, 0.15) is 27.3 Å². The number of anilines is 1. The van der Waals surface area contributed by atoms with Crippen LogP contribution in [0.2, 0.25) is 0 Å². The minimum atomic E-state index is -0.346. The average Bonchev–Trinajstić information content (AvgIpc) is 3.06. The van der Waals surface area contributed by atoms with Crippen LogP contribution in [-0.4, -0.2) is 45.0 Å². The summed E-state index contributed by atoms with van der Waals surface area (Å²) in [6.07, 6.45) is 1.66. The van der Waals surface area contributed by atoms with Gasteiger partial charge in [-0.1, -0.05) is 0 Å². The average molecular weight is 421 g/mol. The summed E-state index contributed by atoms with van der Waals surface area (Å²) >= 11 is 0. The van der Waals surface area contributed by atoms with Crippen molar-refractivity contribution in [1.29, 1.82) is 0 Å². The molecule has 1 amide bonds. The smallest absolute Gasteiger partial charge is 0.271 e. The highest BCUT2D eigenvalue weighted by molar-refractivity contribution is 5.95. The van der Waals surface area contributed by atoms with Crippen LogP contribution in [0.4, 0.5) is 5.69 Å². The number of aromatic nitrogens is 1. The van der Waals surface area contributed by atoms with Crippen molar-refractivity contribution in [1.82, 2.24) is 9.99 Å². The van der Waals surface area contributed by atoms with Crippen molar-refractivity contribution in [3.63, 3.8) is 0 Å². The third kappa shape index (κ3) is 4.88. The predicted molar refractivity (Wildman–Crippen MR) is 124 cm³/mol. The molecule has 31 heavy (non-hydrogen) atoms. The van der Waals surface area contributed by atoms with Gasteiger partial charge in [-0.05, 0) is 56.3 Å². The molecule has 0 unspecified atom stereocenters. The van der Waals surface area contributed by atoms with E-state index in [4.69, 9.17) is 9.47 Å². The molecule has 1 N–H and O–H groups in total. The molecule has 0 radical (unpaired) electrons. The number of ether oxygens (including phenoxy) is 2. The number of hydrogen-bond donors (Lipinski definition) is 1. The maximum Gasteiger partial charge on any atom is 0.271 e. The standard InChI is InChI=1S/C24H28N4O3/c1-16-11-19(17(2)28(16)21-9-7-20(8-10-21)27(3)4)15-25-26-24(29)18-12-22(30-5)14-23(13-18)31-6/h7-15H,1-6H3,(H,26,29)/b25-15+. The van der Waals surface area contributed by atoms with Gasteiger partial charge in [0.05, 0.1) is 20.4 Å². The van der Waals surface area contributed by atoms with Crippen LogP contribution in [0.5, 0.6) is 11.5 Å². The molecule has 7 nitrogen and oxygen atoms in total. The van der Waals surface area contributed by atoms with Crippen LogP contribution in [-0.2, 0) is 0 Å². The Morgan fingerprint density at radius 3 is 2.16 bits per heavy atom. The third-order valence-corrected chi connectivity index (χ3v) is 5.08. The van der Waals surface area contributed by atoms with Crippen molar-refractivity contribution >= 4 is 17.8 Å². The SMILES string of the molecule is COc1cc(OC)cc(C(=O)N/N=C/c2cc(C)n(-c3ccc(N(C)C)cc3)c2C)c1. The fourth-order valence-corrected chi connectivity index (χ4v) is 3.38. The number of hydrazone groups is 1. The zero-order valence-electron chi connectivity index (χ0n) is 18.8. The van der Waals surface area contributed by atoms with Gasteiger partial charge in [-0.15, -0.1) is 0 Å². The minimum Gasteiger partial charge on any atom is -0.497 e. The second-order valence-corrected chi connectivity index (χ2v) is 7.37. The molecule has 0 fully saturated rings. The van der Waals surface area contributed by atoms with E-state index in [2.05, 4.69) is 44.3 Å². The van der Waals surface area contributed by atoms with Crippen molar-refractivity contribution < 1.29 is 14.3 Å². The van der Waals surface area contributed by atoms with Gasteiger partial charge < -0.3 is 18.9 Å². The third-order valence-electron chi connectivity index (χ3n) is 5.08. The van der Waals surface area contributed by atoms with Gasteiger partial charge in [-0.3, -0.25) is 4.79 Å². The lowest BCUT2D eigenvalue weighted by Gasteiger charge is -2.14. The second kappa shape index (κ2) is 9.38. The summed E-state index contributed by atoms with van der Waals surface area (Å²) in [5.74, 6) is 0.733. The Labute approximate surface area is 182 Å². The largest absolute Gasteiger partial charge is 0.497 e. The van der Waals surface area contributed by atoms with Crippen molar-refractivity contribution in [2.24, 2.45) is 5.10 Å². The zero-order valence-corrected chi connectivity index (χ0v) is 18.8. The van der Waals surface area contributed by atoms with Gasteiger partial charge in [0.2, 0.25) is 0 Å². The minimum absolute atomic E-state index is 0.346. The van der Waals surface area contributed by atoms with Gasteiger partial charge in [-0.25, -0.2) is 5.43 Å². The molecule has 0 spiro atoms. The van der Waals surface area contributed by atoms with E-state index in [-0.39, 0.29) is 5.91 Å². The Morgan fingerprint density at radius 1 is 1.00 bits per heavy atom. The molecule has 3 aromatic rings. The van der Waals surface area contributed by atoms with Gasteiger partial charge in [0.1, 0.15) is 11.5 Å². The predicted octanol–water partition coefficient (Wildman–Crippen LogP) is 3.94. The Bertz CT molecular complexity index is 1080. The molecule has 0 aliphatic carbocycles. The van der Waals surface area contributed by atoms with Crippen LogP contribution in [0, 0.1) is 13.8 Å². The monoisotopic (exact) mass is 420 g/mol. The fraction of sp³-hybridized carbons (Fsp3) is 0.250. The number of aryl methyl sites for hydroxylation is 1. The van der Waals surface area contributed by atoms with E-state index < -0.39 is 0 Å². The van der Waals surface area contributed by atoms with Gasteiger partial charge in [0.25, 0.3) is 5.91 Å². The van der Waals surface area contributed by atoms with Gasteiger partial charge in [-0.2, -0.15) is 5.10 Å². The maximum absolute atomic E-state index is 12.5. The number of nitrogens with zero attached hydrogens (tertiary/aromatic N) is 3. The second-order valence-electron chi connectivity index (χ2n) is 7.37. The van der Waals surface area contributed by atoms with Gasteiger partial charge >= 0.3 is 0 Å². The number of rotatable bonds is 7. The molecule has 0 aliphatic heterocycles. The molecule has 2 aromatic carbocycles. The lowest BCUT2D eigenvalue weighted by atomic mass is 10.2.